The van der Waals surface area contributed by atoms with Crippen molar-refractivity contribution in [3.05, 3.63) is 39.9 Å². The molecule has 192 valence electrons. The summed E-state index contributed by atoms with van der Waals surface area (Å²) in [5.41, 5.74) is 1.49. The molecule has 2 saturated carbocycles. The van der Waals surface area contributed by atoms with Gasteiger partial charge in [0.2, 0.25) is 0 Å². The first-order valence-corrected chi connectivity index (χ1v) is 13.7. The number of benzene rings is 1. The number of H-pyrrole nitrogens is 1. The summed E-state index contributed by atoms with van der Waals surface area (Å²) in [6.45, 7) is 3.84. The summed E-state index contributed by atoms with van der Waals surface area (Å²) in [6.07, 6.45) is 11.7. The molecule has 0 bridgehead atoms. The molecule has 1 aliphatic heterocycles. The minimum atomic E-state index is -0.0507. The van der Waals surface area contributed by atoms with Crippen molar-refractivity contribution in [2.24, 2.45) is 0 Å². The molecule has 1 N–H and O–H groups in total. The topological polar surface area (TPSA) is 98.2 Å². The summed E-state index contributed by atoms with van der Waals surface area (Å²) in [6, 6.07) is 6.74. The first-order valence-electron chi connectivity index (χ1n) is 13.7. The second-order valence-electron chi connectivity index (χ2n) is 10.5. The first kappa shape index (κ1) is 23.5. The molecule has 3 heterocycles. The van der Waals surface area contributed by atoms with Gasteiger partial charge in [0.15, 0.2) is 17.3 Å². The van der Waals surface area contributed by atoms with Crippen molar-refractivity contribution in [2.45, 2.75) is 95.8 Å². The lowest BCUT2D eigenvalue weighted by Crippen LogP contribution is -2.41. The molecule has 0 amide bonds. The minimum Gasteiger partial charge on any atom is -0.486 e. The van der Waals surface area contributed by atoms with Crippen LogP contribution in [0.4, 0.5) is 0 Å². The average molecular weight is 493 g/mol. The van der Waals surface area contributed by atoms with Crippen LogP contribution < -0.4 is 15.0 Å². The lowest BCUT2D eigenvalue weighted by Gasteiger charge is -2.39. The van der Waals surface area contributed by atoms with Crippen LogP contribution in [0.3, 0.4) is 0 Å². The van der Waals surface area contributed by atoms with E-state index in [-0.39, 0.29) is 11.6 Å². The van der Waals surface area contributed by atoms with Crippen molar-refractivity contribution in [3.63, 3.8) is 0 Å². The van der Waals surface area contributed by atoms with Gasteiger partial charge in [-0.05, 0) is 54.7 Å². The Hall–Kier alpha value is -2.94. The third-order valence-electron chi connectivity index (χ3n) is 8.25. The predicted molar refractivity (Wildman–Crippen MR) is 136 cm³/mol. The van der Waals surface area contributed by atoms with Gasteiger partial charge in [-0.2, -0.15) is 0 Å². The van der Waals surface area contributed by atoms with Crippen LogP contribution in [-0.4, -0.2) is 49.3 Å². The standard InChI is InChI=1S/C27H36N6O3/c1-2-23(26-29-30-31-33(26)21-10-6-7-11-21)32(20-8-4-3-5-9-20)17-19-14-18-15-24-25(36-13-12-35-24)16-22(18)28-27(19)34/h14-16,20-21,23H,2-13,17H2,1H3,(H,28,34)/t23-/m1/s1. The molecule has 9 nitrogen and oxygen atoms in total. The molecule has 3 aromatic rings. The van der Waals surface area contributed by atoms with Gasteiger partial charge >= 0.3 is 0 Å². The Morgan fingerprint density at radius 1 is 1.03 bits per heavy atom. The van der Waals surface area contributed by atoms with Crippen LogP contribution in [0.15, 0.2) is 23.0 Å². The van der Waals surface area contributed by atoms with Gasteiger partial charge in [0.1, 0.15) is 13.2 Å². The highest BCUT2D eigenvalue weighted by Crippen LogP contribution is 2.37. The zero-order valence-electron chi connectivity index (χ0n) is 21.1. The summed E-state index contributed by atoms with van der Waals surface area (Å²) < 4.78 is 13.6. The highest BCUT2D eigenvalue weighted by Gasteiger charge is 2.34. The van der Waals surface area contributed by atoms with E-state index >= 15 is 0 Å². The number of nitrogens with zero attached hydrogens (tertiary/aromatic N) is 5. The number of hydrogen-bond acceptors (Lipinski definition) is 7. The van der Waals surface area contributed by atoms with E-state index in [4.69, 9.17) is 9.47 Å². The smallest absolute Gasteiger partial charge is 0.252 e. The second-order valence-corrected chi connectivity index (χ2v) is 10.5. The number of nitrogens with one attached hydrogen (secondary N) is 1. The third-order valence-corrected chi connectivity index (χ3v) is 8.25. The maximum atomic E-state index is 13.3. The molecule has 0 spiro atoms. The third kappa shape index (κ3) is 4.49. The minimum absolute atomic E-state index is 0.0507. The molecule has 2 aliphatic carbocycles. The summed E-state index contributed by atoms with van der Waals surface area (Å²) in [5.74, 6) is 2.37. The quantitative estimate of drug-likeness (QED) is 0.511. The Morgan fingerprint density at radius 2 is 1.75 bits per heavy atom. The van der Waals surface area contributed by atoms with Crippen LogP contribution in [0.25, 0.3) is 10.9 Å². The van der Waals surface area contributed by atoms with Gasteiger partial charge in [-0.15, -0.1) is 5.10 Å². The molecule has 2 aromatic heterocycles. The van der Waals surface area contributed by atoms with Crippen LogP contribution in [0.1, 0.15) is 94.6 Å². The molecule has 1 aromatic carbocycles. The fourth-order valence-electron chi connectivity index (χ4n) is 6.40. The Kier molecular flexibility index (Phi) is 6.65. The van der Waals surface area contributed by atoms with Gasteiger partial charge in [-0.3, -0.25) is 9.69 Å². The largest absolute Gasteiger partial charge is 0.486 e. The van der Waals surface area contributed by atoms with Gasteiger partial charge in [0.25, 0.3) is 5.56 Å². The van der Waals surface area contributed by atoms with Crippen LogP contribution in [-0.2, 0) is 6.54 Å². The summed E-state index contributed by atoms with van der Waals surface area (Å²) in [5, 5.41) is 14.1. The highest BCUT2D eigenvalue weighted by atomic mass is 16.6. The molecule has 0 radical (unpaired) electrons. The van der Waals surface area contributed by atoms with E-state index in [9.17, 15) is 4.79 Å². The molecule has 3 aliphatic rings. The van der Waals surface area contributed by atoms with E-state index in [0.717, 1.165) is 60.1 Å². The van der Waals surface area contributed by atoms with Crippen molar-refractivity contribution in [3.8, 4) is 11.5 Å². The lowest BCUT2D eigenvalue weighted by molar-refractivity contribution is 0.0830. The van der Waals surface area contributed by atoms with Gasteiger partial charge in [-0.25, -0.2) is 4.68 Å². The Morgan fingerprint density at radius 3 is 2.50 bits per heavy atom. The number of aromatic amines is 1. The molecular formula is C27H36N6O3. The summed E-state index contributed by atoms with van der Waals surface area (Å²) in [7, 11) is 0. The van der Waals surface area contributed by atoms with Crippen LogP contribution >= 0.6 is 0 Å². The molecule has 9 heteroatoms. The molecule has 0 unspecified atom stereocenters. The van der Waals surface area contributed by atoms with Crippen molar-refractivity contribution in [1.82, 2.24) is 30.1 Å². The summed E-state index contributed by atoms with van der Waals surface area (Å²) in [4.78, 5) is 18.9. The zero-order chi connectivity index (χ0) is 24.5. The SMILES string of the molecule is CC[C@H](c1nnnn1C1CCCC1)N(Cc1cc2cc3c(cc2[nH]c1=O)OCCO3)C1CCCCC1. The molecule has 36 heavy (non-hydrogen) atoms. The van der Waals surface area contributed by atoms with Crippen molar-refractivity contribution >= 4 is 10.9 Å². The Balaban J connectivity index is 1.37. The number of fused-ring (bicyclic) bond motifs is 2. The maximum Gasteiger partial charge on any atom is 0.252 e. The zero-order valence-corrected chi connectivity index (χ0v) is 21.1. The predicted octanol–water partition coefficient (Wildman–Crippen LogP) is 4.69. The van der Waals surface area contributed by atoms with Gasteiger partial charge in [-0.1, -0.05) is 39.0 Å². The second kappa shape index (κ2) is 10.2. The van der Waals surface area contributed by atoms with E-state index in [2.05, 4.69) is 37.0 Å². The number of aromatic nitrogens is 5. The number of pyridine rings is 1. The van der Waals surface area contributed by atoms with Crippen LogP contribution in [0.5, 0.6) is 11.5 Å². The molecule has 1 atom stereocenters. The van der Waals surface area contributed by atoms with E-state index in [1.54, 1.807) is 0 Å². The Labute approximate surface area is 211 Å². The van der Waals surface area contributed by atoms with Crippen LogP contribution in [0, 0.1) is 0 Å². The molecule has 2 fully saturated rings. The van der Waals surface area contributed by atoms with Crippen molar-refractivity contribution in [2.75, 3.05) is 13.2 Å². The molecule has 0 saturated heterocycles. The molecule has 6 rings (SSSR count). The average Bonchev–Trinajstić information content (AvgIpc) is 3.61. The fourth-order valence-corrected chi connectivity index (χ4v) is 6.40. The van der Waals surface area contributed by atoms with E-state index in [1.807, 2.05) is 18.2 Å². The van der Waals surface area contributed by atoms with Gasteiger partial charge in [0.05, 0.1) is 17.6 Å². The van der Waals surface area contributed by atoms with Crippen LogP contribution in [0.2, 0.25) is 0 Å². The number of rotatable bonds is 7. The monoisotopic (exact) mass is 492 g/mol. The fraction of sp³-hybridized carbons (Fsp3) is 0.630. The van der Waals surface area contributed by atoms with Crippen molar-refractivity contribution < 1.29 is 9.47 Å². The maximum absolute atomic E-state index is 13.3. The van der Waals surface area contributed by atoms with E-state index < -0.39 is 0 Å². The number of tetrazole rings is 1. The van der Waals surface area contributed by atoms with E-state index in [0.29, 0.717) is 37.6 Å². The highest BCUT2D eigenvalue weighted by molar-refractivity contribution is 5.83. The summed E-state index contributed by atoms with van der Waals surface area (Å²) >= 11 is 0. The molecular weight excluding hydrogens is 456 g/mol. The van der Waals surface area contributed by atoms with Gasteiger partial charge in [0, 0.05) is 29.6 Å². The van der Waals surface area contributed by atoms with Crippen molar-refractivity contribution in [1.29, 1.82) is 0 Å². The Bertz CT molecular complexity index is 1260. The van der Waals surface area contributed by atoms with Gasteiger partial charge < -0.3 is 14.5 Å². The first-order chi connectivity index (χ1) is 17.7. The number of hydrogen-bond donors (Lipinski definition) is 1. The lowest BCUT2D eigenvalue weighted by atomic mass is 9.92. The normalized spacial score (nSPS) is 19.8. The number of ether oxygens (including phenoxy) is 2. The van der Waals surface area contributed by atoms with E-state index in [1.165, 1.54) is 32.1 Å².